The van der Waals surface area contributed by atoms with Gasteiger partial charge in [-0.1, -0.05) is 11.6 Å². The van der Waals surface area contributed by atoms with Gasteiger partial charge in [0.25, 0.3) is 0 Å². The van der Waals surface area contributed by atoms with Crippen LogP contribution in [0.5, 0.6) is 0 Å². The van der Waals surface area contributed by atoms with Gasteiger partial charge in [0.2, 0.25) is 21.8 Å². The van der Waals surface area contributed by atoms with Crippen molar-refractivity contribution in [3.8, 4) is 0 Å². The lowest BCUT2D eigenvalue weighted by atomic mass is 9.99. The van der Waals surface area contributed by atoms with Crippen LogP contribution in [0.1, 0.15) is 12.8 Å². The van der Waals surface area contributed by atoms with Crippen LogP contribution in [0.4, 0.5) is 10.1 Å². The van der Waals surface area contributed by atoms with E-state index in [2.05, 4.69) is 10.6 Å². The van der Waals surface area contributed by atoms with E-state index in [1.54, 1.807) is 0 Å². The van der Waals surface area contributed by atoms with E-state index in [9.17, 15) is 22.4 Å². The fourth-order valence-corrected chi connectivity index (χ4v) is 4.83. The highest BCUT2D eigenvalue weighted by Crippen LogP contribution is 2.24. The Morgan fingerprint density at radius 3 is 2.43 bits per heavy atom. The van der Waals surface area contributed by atoms with Crippen molar-refractivity contribution in [3.05, 3.63) is 59.4 Å². The number of carbonyl (C=O) groups is 2. The molecule has 3 rings (SSSR count). The molecule has 0 aromatic heterocycles. The maximum atomic E-state index is 12.9. The summed E-state index contributed by atoms with van der Waals surface area (Å²) in [4.78, 5) is 24.6. The second-order valence-corrected chi connectivity index (χ2v) is 9.30. The molecule has 0 radical (unpaired) electrons. The quantitative estimate of drug-likeness (QED) is 0.702. The summed E-state index contributed by atoms with van der Waals surface area (Å²) in [6.45, 7) is 0.0901. The fourth-order valence-electron chi connectivity index (χ4n) is 3.18. The number of anilines is 1. The van der Waals surface area contributed by atoms with Gasteiger partial charge >= 0.3 is 0 Å². The third-order valence-corrected chi connectivity index (χ3v) is 6.89. The summed E-state index contributed by atoms with van der Waals surface area (Å²) in [5, 5.41) is 5.52. The van der Waals surface area contributed by atoms with Crippen LogP contribution in [0.2, 0.25) is 5.02 Å². The number of hydrogen-bond donors (Lipinski definition) is 2. The van der Waals surface area contributed by atoms with Crippen LogP contribution in [0, 0.1) is 11.7 Å². The third kappa shape index (κ3) is 5.56. The molecule has 0 bridgehead atoms. The highest BCUT2D eigenvalue weighted by molar-refractivity contribution is 7.89. The van der Waals surface area contributed by atoms with Crippen LogP contribution in [-0.2, 0) is 19.6 Å². The Labute approximate surface area is 179 Å². The first-order valence-corrected chi connectivity index (χ1v) is 11.2. The Bertz CT molecular complexity index is 1010. The standard InChI is InChI=1S/C20H21ClFN3O4S/c21-15-3-9-18(10-4-15)30(28,29)25-11-1-2-14(13-25)20(27)23-12-19(26)24-17-7-5-16(22)6-8-17/h3-10,14H,1-2,11-13H2,(H,23,27)(H,24,26)/t14-/m1/s1. The van der Waals surface area contributed by atoms with E-state index >= 15 is 0 Å². The molecule has 1 fully saturated rings. The predicted molar refractivity (Wildman–Crippen MR) is 111 cm³/mol. The summed E-state index contributed by atoms with van der Waals surface area (Å²) in [5.41, 5.74) is 0.411. The smallest absolute Gasteiger partial charge is 0.243 e. The van der Waals surface area contributed by atoms with E-state index in [-0.39, 0.29) is 23.9 Å². The minimum absolute atomic E-state index is 0.0381. The van der Waals surface area contributed by atoms with Gasteiger partial charge in [-0.3, -0.25) is 9.59 Å². The number of hydrogen-bond acceptors (Lipinski definition) is 4. The molecule has 2 aromatic rings. The second kappa shape index (κ2) is 9.55. The number of carbonyl (C=O) groups excluding carboxylic acids is 2. The van der Waals surface area contributed by atoms with Gasteiger partial charge in [0.1, 0.15) is 5.82 Å². The van der Waals surface area contributed by atoms with Gasteiger partial charge in [-0.05, 0) is 61.4 Å². The SMILES string of the molecule is O=C(CNC(=O)[C@@H]1CCCN(S(=O)(=O)c2ccc(Cl)cc2)C1)Nc1ccc(F)cc1. The molecule has 1 aliphatic heterocycles. The van der Waals surface area contributed by atoms with Gasteiger partial charge in [0, 0.05) is 23.8 Å². The van der Waals surface area contributed by atoms with Crippen molar-refractivity contribution in [3.63, 3.8) is 0 Å². The lowest BCUT2D eigenvalue weighted by molar-refractivity contribution is -0.128. The number of halogens is 2. The number of nitrogens with one attached hydrogen (secondary N) is 2. The first kappa shape index (κ1) is 22.2. The molecule has 1 saturated heterocycles. The van der Waals surface area contributed by atoms with E-state index in [1.165, 1.54) is 52.8 Å². The van der Waals surface area contributed by atoms with Crippen molar-refractivity contribution in [2.24, 2.45) is 5.92 Å². The number of sulfonamides is 1. The zero-order valence-electron chi connectivity index (χ0n) is 16.0. The van der Waals surface area contributed by atoms with Crippen molar-refractivity contribution in [2.75, 3.05) is 25.0 Å². The van der Waals surface area contributed by atoms with Gasteiger partial charge in [-0.15, -0.1) is 0 Å². The lowest BCUT2D eigenvalue weighted by Gasteiger charge is -2.31. The Morgan fingerprint density at radius 2 is 1.77 bits per heavy atom. The van der Waals surface area contributed by atoms with Crippen LogP contribution in [0.15, 0.2) is 53.4 Å². The Balaban J connectivity index is 1.55. The molecule has 1 aliphatic rings. The van der Waals surface area contributed by atoms with E-state index in [0.717, 1.165) is 0 Å². The van der Waals surface area contributed by atoms with Crippen LogP contribution in [-0.4, -0.2) is 44.2 Å². The van der Waals surface area contributed by atoms with Crippen molar-refractivity contribution in [1.29, 1.82) is 0 Å². The minimum Gasteiger partial charge on any atom is -0.347 e. The summed E-state index contributed by atoms with van der Waals surface area (Å²) in [7, 11) is -3.74. The first-order valence-electron chi connectivity index (χ1n) is 9.34. The molecule has 30 heavy (non-hydrogen) atoms. The first-order chi connectivity index (χ1) is 14.3. The Hall–Kier alpha value is -2.49. The molecule has 2 amide bonds. The van der Waals surface area contributed by atoms with Crippen LogP contribution in [0.25, 0.3) is 0 Å². The Morgan fingerprint density at radius 1 is 1.10 bits per heavy atom. The van der Waals surface area contributed by atoms with Gasteiger partial charge in [0.05, 0.1) is 17.4 Å². The average molecular weight is 454 g/mol. The largest absolute Gasteiger partial charge is 0.347 e. The summed E-state index contributed by atoms with van der Waals surface area (Å²) >= 11 is 5.82. The van der Waals surface area contributed by atoms with E-state index < -0.39 is 27.7 Å². The van der Waals surface area contributed by atoms with Crippen LogP contribution >= 0.6 is 11.6 Å². The highest BCUT2D eigenvalue weighted by Gasteiger charge is 2.33. The number of piperidine rings is 1. The summed E-state index contributed by atoms with van der Waals surface area (Å²) in [6, 6.07) is 11.1. The zero-order valence-corrected chi connectivity index (χ0v) is 17.5. The Kier molecular flexibility index (Phi) is 7.06. The number of nitrogens with zero attached hydrogens (tertiary/aromatic N) is 1. The van der Waals surface area contributed by atoms with Crippen LogP contribution < -0.4 is 10.6 Å². The van der Waals surface area contributed by atoms with E-state index in [4.69, 9.17) is 11.6 Å². The molecule has 0 aliphatic carbocycles. The molecule has 1 heterocycles. The van der Waals surface area contributed by atoms with Gasteiger partial charge in [-0.25, -0.2) is 12.8 Å². The van der Waals surface area contributed by atoms with Crippen molar-refractivity contribution >= 4 is 39.1 Å². The normalized spacial score (nSPS) is 17.3. The van der Waals surface area contributed by atoms with Crippen molar-refractivity contribution in [2.45, 2.75) is 17.7 Å². The second-order valence-electron chi connectivity index (χ2n) is 6.93. The molecule has 0 saturated carbocycles. The molecule has 160 valence electrons. The number of rotatable bonds is 6. The maximum Gasteiger partial charge on any atom is 0.243 e. The molecule has 2 aromatic carbocycles. The predicted octanol–water partition coefficient (Wildman–Crippen LogP) is 2.63. The van der Waals surface area contributed by atoms with E-state index in [0.29, 0.717) is 30.1 Å². The summed E-state index contributed by atoms with van der Waals surface area (Å²) in [6.07, 6.45) is 1.06. The molecule has 2 N–H and O–H groups in total. The lowest BCUT2D eigenvalue weighted by Crippen LogP contribution is -2.46. The minimum atomic E-state index is -3.74. The van der Waals surface area contributed by atoms with E-state index in [1.807, 2.05) is 0 Å². The number of amides is 2. The highest BCUT2D eigenvalue weighted by atomic mass is 35.5. The monoisotopic (exact) mass is 453 g/mol. The summed E-state index contributed by atoms with van der Waals surface area (Å²) < 4.78 is 39.8. The third-order valence-electron chi connectivity index (χ3n) is 4.76. The molecule has 10 heteroatoms. The average Bonchev–Trinajstić information content (AvgIpc) is 2.74. The molecular weight excluding hydrogens is 433 g/mol. The number of benzene rings is 2. The molecule has 7 nitrogen and oxygen atoms in total. The van der Waals surface area contributed by atoms with Crippen molar-refractivity contribution < 1.29 is 22.4 Å². The van der Waals surface area contributed by atoms with Crippen LogP contribution in [0.3, 0.4) is 0 Å². The van der Waals surface area contributed by atoms with Gasteiger partial charge in [-0.2, -0.15) is 4.31 Å². The molecule has 1 atom stereocenters. The fraction of sp³-hybridized carbons (Fsp3) is 0.300. The molecule has 0 spiro atoms. The zero-order chi connectivity index (χ0) is 21.7. The topological polar surface area (TPSA) is 95.6 Å². The summed E-state index contributed by atoms with van der Waals surface area (Å²) in [5.74, 6) is -1.83. The molecule has 0 unspecified atom stereocenters. The van der Waals surface area contributed by atoms with Gasteiger partial charge in [0.15, 0.2) is 0 Å². The van der Waals surface area contributed by atoms with Gasteiger partial charge < -0.3 is 10.6 Å². The maximum absolute atomic E-state index is 12.9. The van der Waals surface area contributed by atoms with Crippen molar-refractivity contribution in [1.82, 2.24) is 9.62 Å². The molecular formula is C20H21ClFN3O4S.